The number of nitrogens with zero attached hydrogens (tertiary/aromatic N) is 5. The predicted molar refractivity (Wildman–Crippen MR) is 65.7 cm³/mol. The molecule has 0 aliphatic heterocycles. The van der Waals surface area contributed by atoms with Crippen molar-refractivity contribution in [2.45, 2.75) is 20.3 Å². The molecule has 2 aromatic heterocycles. The van der Waals surface area contributed by atoms with E-state index in [4.69, 9.17) is 5.26 Å². The summed E-state index contributed by atoms with van der Waals surface area (Å²) >= 11 is 3.27. The van der Waals surface area contributed by atoms with Crippen molar-refractivity contribution in [1.82, 2.24) is 19.7 Å². The van der Waals surface area contributed by atoms with Crippen LogP contribution >= 0.6 is 15.9 Å². The maximum atomic E-state index is 8.84. The number of nitriles is 1. The summed E-state index contributed by atoms with van der Waals surface area (Å²) in [4.78, 5) is 8.67. The van der Waals surface area contributed by atoms with Crippen LogP contribution in [-0.4, -0.2) is 19.7 Å². The van der Waals surface area contributed by atoms with Crippen LogP contribution in [0.1, 0.15) is 24.0 Å². The summed E-state index contributed by atoms with van der Waals surface area (Å²) < 4.78 is 2.15. The minimum Gasteiger partial charge on any atom is -0.216 e. The molecule has 0 aliphatic carbocycles. The summed E-state index contributed by atoms with van der Waals surface area (Å²) in [7, 11) is 0. The van der Waals surface area contributed by atoms with Crippen molar-refractivity contribution in [3.8, 4) is 12.0 Å². The third kappa shape index (κ3) is 2.34. The average molecular weight is 292 g/mol. The van der Waals surface area contributed by atoms with Gasteiger partial charge in [0.15, 0.2) is 5.69 Å². The van der Waals surface area contributed by atoms with E-state index < -0.39 is 0 Å². The van der Waals surface area contributed by atoms with E-state index in [0.29, 0.717) is 16.1 Å². The molecule has 0 saturated carbocycles. The van der Waals surface area contributed by atoms with Gasteiger partial charge in [-0.3, -0.25) is 0 Å². The average Bonchev–Trinajstić information content (AvgIpc) is 2.69. The number of hydrogen-bond donors (Lipinski definition) is 0. The molecule has 0 aromatic carbocycles. The van der Waals surface area contributed by atoms with Gasteiger partial charge in [-0.25, -0.2) is 14.6 Å². The molecule has 0 radical (unpaired) electrons. The second-order valence-electron chi connectivity index (χ2n) is 3.54. The molecular formula is C11H10BrN5. The van der Waals surface area contributed by atoms with Gasteiger partial charge in [0.1, 0.15) is 6.07 Å². The van der Waals surface area contributed by atoms with Crippen molar-refractivity contribution in [3.63, 3.8) is 0 Å². The number of aryl methyl sites for hydroxylation is 2. The molecule has 0 bridgehead atoms. The van der Waals surface area contributed by atoms with Gasteiger partial charge in [-0.2, -0.15) is 10.4 Å². The maximum absolute atomic E-state index is 8.84. The molecule has 0 saturated heterocycles. The standard InChI is InChI=1S/C11H10BrN5/c1-3-8-4-7(2)14-11(15-8)17-6-9(12)10(5-13)16-17/h4,6H,3H2,1-2H3. The molecule has 5 nitrogen and oxygen atoms in total. The van der Waals surface area contributed by atoms with Crippen molar-refractivity contribution >= 4 is 15.9 Å². The molecule has 0 N–H and O–H groups in total. The second-order valence-corrected chi connectivity index (χ2v) is 4.39. The van der Waals surface area contributed by atoms with Gasteiger partial charge < -0.3 is 0 Å². The lowest BCUT2D eigenvalue weighted by molar-refractivity contribution is 0.782. The van der Waals surface area contributed by atoms with Gasteiger partial charge in [0.05, 0.1) is 4.47 Å². The highest BCUT2D eigenvalue weighted by Gasteiger charge is 2.09. The summed E-state index contributed by atoms with van der Waals surface area (Å²) in [6.45, 7) is 3.94. The van der Waals surface area contributed by atoms with Crippen molar-refractivity contribution in [2.24, 2.45) is 0 Å². The highest BCUT2D eigenvalue weighted by Crippen LogP contribution is 2.16. The van der Waals surface area contributed by atoms with Crippen LogP contribution < -0.4 is 0 Å². The van der Waals surface area contributed by atoms with E-state index in [-0.39, 0.29) is 0 Å². The Morgan fingerprint density at radius 1 is 1.47 bits per heavy atom. The van der Waals surface area contributed by atoms with E-state index in [1.54, 1.807) is 6.20 Å². The third-order valence-corrected chi connectivity index (χ3v) is 2.82. The molecule has 17 heavy (non-hydrogen) atoms. The quantitative estimate of drug-likeness (QED) is 0.850. The summed E-state index contributed by atoms with van der Waals surface area (Å²) in [5.41, 5.74) is 2.17. The van der Waals surface area contributed by atoms with E-state index in [2.05, 4.69) is 31.0 Å². The zero-order valence-corrected chi connectivity index (χ0v) is 11.1. The van der Waals surface area contributed by atoms with Crippen molar-refractivity contribution in [3.05, 3.63) is 33.8 Å². The number of halogens is 1. The van der Waals surface area contributed by atoms with Crippen LogP contribution in [0.4, 0.5) is 0 Å². The fraction of sp³-hybridized carbons (Fsp3) is 0.273. The normalized spacial score (nSPS) is 10.2. The molecule has 2 heterocycles. The van der Waals surface area contributed by atoms with Gasteiger partial charge >= 0.3 is 0 Å². The van der Waals surface area contributed by atoms with Crippen LogP contribution in [-0.2, 0) is 6.42 Å². The van der Waals surface area contributed by atoms with Crippen molar-refractivity contribution < 1.29 is 0 Å². The van der Waals surface area contributed by atoms with Crippen molar-refractivity contribution in [1.29, 1.82) is 5.26 Å². The Hall–Kier alpha value is -1.74. The van der Waals surface area contributed by atoms with E-state index in [9.17, 15) is 0 Å². The van der Waals surface area contributed by atoms with Crippen LogP contribution in [0.15, 0.2) is 16.7 Å². The lowest BCUT2D eigenvalue weighted by atomic mass is 10.3. The van der Waals surface area contributed by atoms with Gasteiger partial charge in [0.2, 0.25) is 0 Å². The Kier molecular flexibility index (Phi) is 3.20. The smallest absolute Gasteiger partial charge is 0.216 e. The topological polar surface area (TPSA) is 67.4 Å². The predicted octanol–water partition coefficient (Wildman–Crippen LogP) is 2.17. The highest BCUT2D eigenvalue weighted by atomic mass is 79.9. The van der Waals surface area contributed by atoms with Crippen LogP contribution in [0.25, 0.3) is 5.95 Å². The first kappa shape index (κ1) is 11.7. The SMILES string of the molecule is CCc1cc(C)nc(-n2cc(Br)c(C#N)n2)n1. The summed E-state index contributed by atoms with van der Waals surface area (Å²) in [6, 6.07) is 3.93. The zero-order valence-electron chi connectivity index (χ0n) is 9.48. The first-order valence-electron chi connectivity index (χ1n) is 5.14. The van der Waals surface area contributed by atoms with Crippen LogP contribution in [0.2, 0.25) is 0 Å². The van der Waals surface area contributed by atoms with Gasteiger partial charge in [0.25, 0.3) is 5.95 Å². The molecular weight excluding hydrogens is 282 g/mol. The zero-order chi connectivity index (χ0) is 12.4. The fourth-order valence-electron chi connectivity index (χ4n) is 1.43. The Balaban J connectivity index is 2.52. The third-order valence-electron chi connectivity index (χ3n) is 2.24. The second kappa shape index (κ2) is 4.63. The number of rotatable bonds is 2. The highest BCUT2D eigenvalue weighted by molar-refractivity contribution is 9.10. The van der Waals surface area contributed by atoms with E-state index in [0.717, 1.165) is 17.8 Å². The minimum absolute atomic E-state index is 0.327. The van der Waals surface area contributed by atoms with E-state index in [1.807, 2.05) is 26.0 Å². The molecule has 0 amide bonds. The van der Waals surface area contributed by atoms with E-state index in [1.165, 1.54) is 4.68 Å². The molecule has 86 valence electrons. The Morgan fingerprint density at radius 2 is 2.24 bits per heavy atom. The van der Waals surface area contributed by atoms with Gasteiger partial charge in [-0.15, -0.1) is 0 Å². The monoisotopic (exact) mass is 291 g/mol. The van der Waals surface area contributed by atoms with Gasteiger partial charge in [-0.05, 0) is 35.3 Å². The largest absolute Gasteiger partial charge is 0.251 e. The van der Waals surface area contributed by atoms with Gasteiger partial charge in [-0.1, -0.05) is 6.92 Å². The van der Waals surface area contributed by atoms with Crippen LogP contribution in [0.5, 0.6) is 0 Å². The fourth-order valence-corrected chi connectivity index (χ4v) is 1.79. The van der Waals surface area contributed by atoms with Gasteiger partial charge in [0, 0.05) is 17.6 Å². The molecule has 0 unspecified atom stereocenters. The Bertz CT molecular complexity index is 596. The molecule has 0 aliphatic rings. The Morgan fingerprint density at radius 3 is 2.82 bits per heavy atom. The minimum atomic E-state index is 0.327. The molecule has 0 fully saturated rings. The van der Waals surface area contributed by atoms with Crippen molar-refractivity contribution in [2.75, 3.05) is 0 Å². The molecule has 2 aromatic rings. The number of hydrogen-bond acceptors (Lipinski definition) is 4. The lowest BCUT2D eigenvalue weighted by Gasteiger charge is -2.03. The maximum Gasteiger partial charge on any atom is 0.251 e. The molecule has 2 rings (SSSR count). The molecule has 0 spiro atoms. The first-order valence-corrected chi connectivity index (χ1v) is 5.93. The van der Waals surface area contributed by atoms with Crippen LogP contribution in [0, 0.1) is 18.3 Å². The first-order chi connectivity index (χ1) is 8.13. The number of aromatic nitrogens is 4. The Labute approximate surface area is 107 Å². The summed E-state index contributed by atoms with van der Waals surface area (Å²) in [5, 5.41) is 12.9. The molecule has 6 heteroatoms. The summed E-state index contributed by atoms with van der Waals surface area (Å²) in [6.07, 6.45) is 2.52. The van der Waals surface area contributed by atoms with E-state index >= 15 is 0 Å². The summed E-state index contributed by atoms with van der Waals surface area (Å²) in [5.74, 6) is 0.490. The molecule has 0 atom stereocenters. The van der Waals surface area contributed by atoms with Crippen LogP contribution in [0.3, 0.4) is 0 Å². The lowest BCUT2D eigenvalue weighted by Crippen LogP contribution is -2.05.